The second-order valence-electron chi connectivity index (χ2n) is 14.1. The predicted octanol–water partition coefficient (Wildman–Crippen LogP) is 11.8. The van der Waals surface area contributed by atoms with Crippen LogP contribution >= 0.6 is 0 Å². The van der Waals surface area contributed by atoms with Crippen LogP contribution in [0.1, 0.15) is 81.9 Å². The largest absolute Gasteiger partial charge is 0.440 e. The van der Waals surface area contributed by atoms with Gasteiger partial charge in [-0.15, -0.1) is 0 Å². The molecule has 0 N–H and O–H groups in total. The zero-order chi connectivity index (χ0) is 34.6. The first-order valence-electron chi connectivity index (χ1n) is 17.2. The van der Waals surface area contributed by atoms with Crippen molar-refractivity contribution >= 4 is 27.8 Å². The lowest BCUT2D eigenvalue weighted by molar-refractivity contribution is -0.557. The van der Waals surface area contributed by atoms with E-state index in [4.69, 9.17) is 16.0 Å². The Labute approximate surface area is 289 Å². The molecule has 0 saturated heterocycles. The summed E-state index contributed by atoms with van der Waals surface area (Å²) in [6.07, 6.45) is 0. The van der Waals surface area contributed by atoms with Crippen molar-refractivity contribution in [3.63, 3.8) is 0 Å². The van der Waals surface area contributed by atoms with Crippen molar-refractivity contribution in [1.29, 1.82) is 0 Å². The van der Waals surface area contributed by atoms with Crippen LogP contribution in [-0.4, -0.2) is 9.55 Å². The van der Waals surface area contributed by atoms with Gasteiger partial charge in [-0.3, -0.25) is 0 Å². The number of oxazole rings is 1. The standard InChI is InChI=1S/C44H43N4O/c1-26(2)35-22-33(32-17-15-31(16-18-32)30-13-11-10-12-14-30)23-36(27(3)4)42(35)48-39-20-19-34(45-8)24-40(39)47(9)44(48)37-25-41-38(21-29(37)7)46-43(49-41)28(5)6/h10-28H,1-7,9H3/q+1. The van der Waals surface area contributed by atoms with Gasteiger partial charge < -0.3 is 4.42 Å². The Hall–Kier alpha value is -5.47. The zero-order valence-corrected chi connectivity index (χ0v) is 29.7. The lowest BCUT2D eigenvalue weighted by Crippen LogP contribution is -2.36. The monoisotopic (exact) mass is 643 g/mol. The first kappa shape index (κ1) is 32.1. The lowest BCUT2D eigenvalue weighted by Gasteiger charge is -2.21. The Kier molecular flexibility index (Phi) is 8.20. The normalized spacial score (nSPS) is 11.8. The molecule has 5 heteroatoms. The Bertz CT molecular complexity index is 2350. The number of hydrogen-bond donors (Lipinski definition) is 0. The van der Waals surface area contributed by atoms with Crippen molar-refractivity contribution in [2.75, 3.05) is 0 Å². The molecule has 0 amide bonds. The smallest absolute Gasteiger partial charge is 0.295 e. The van der Waals surface area contributed by atoms with Crippen LogP contribution in [0, 0.1) is 13.5 Å². The van der Waals surface area contributed by atoms with Crippen LogP contribution in [0.5, 0.6) is 0 Å². The molecule has 0 atom stereocenters. The van der Waals surface area contributed by atoms with Gasteiger partial charge >= 0.3 is 0 Å². The van der Waals surface area contributed by atoms with Crippen molar-refractivity contribution in [2.24, 2.45) is 7.05 Å². The number of aryl methyl sites for hydroxylation is 2. The van der Waals surface area contributed by atoms with E-state index in [0.717, 1.165) is 45.0 Å². The quantitative estimate of drug-likeness (QED) is 0.128. The minimum absolute atomic E-state index is 0.195. The van der Waals surface area contributed by atoms with Gasteiger partial charge in [0.15, 0.2) is 28.2 Å². The van der Waals surface area contributed by atoms with Crippen molar-refractivity contribution in [3.8, 4) is 39.3 Å². The van der Waals surface area contributed by atoms with E-state index in [0.29, 0.717) is 5.69 Å². The van der Waals surface area contributed by atoms with E-state index < -0.39 is 0 Å². The topological polar surface area (TPSA) is 39.2 Å². The van der Waals surface area contributed by atoms with E-state index >= 15 is 0 Å². The highest BCUT2D eigenvalue weighted by atomic mass is 16.3. The number of rotatable bonds is 7. The molecule has 2 aromatic heterocycles. The van der Waals surface area contributed by atoms with Crippen molar-refractivity contribution < 1.29 is 8.98 Å². The number of fused-ring (bicyclic) bond motifs is 2. The van der Waals surface area contributed by atoms with Crippen molar-refractivity contribution in [2.45, 2.75) is 66.2 Å². The molecule has 7 rings (SSSR count). The van der Waals surface area contributed by atoms with Crippen LogP contribution in [0.25, 0.3) is 66.3 Å². The third-order valence-corrected chi connectivity index (χ3v) is 9.67. The molecule has 0 spiro atoms. The maximum Gasteiger partial charge on any atom is 0.295 e. The van der Waals surface area contributed by atoms with Crippen LogP contribution in [0.2, 0.25) is 0 Å². The molecule has 0 aliphatic heterocycles. The van der Waals surface area contributed by atoms with Crippen LogP contribution in [0.4, 0.5) is 5.69 Å². The summed E-state index contributed by atoms with van der Waals surface area (Å²) in [6.45, 7) is 23.3. The molecule has 2 heterocycles. The van der Waals surface area contributed by atoms with Gasteiger partial charge in [0.05, 0.1) is 19.2 Å². The molecule has 244 valence electrons. The molecule has 0 aliphatic carbocycles. The summed E-state index contributed by atoms with van der Waals surface area (Å²) in [5.74, 6) is 2.49. The molecule has 5 aromatic carbocycles. The summed E-state index contributed by atoms with van der Waals surface area (Å²) in [7, 11) is 2.11. The van der Waals surface area contributed by atoms with Gasteiger partial charge in [-0.25, -0.2) is 14.4 Å². The SMILES string of the molecule is [C-]#[N+]c1ccc2c(c1)n(C)c(-c1cc3oc(C(C)C)nc3cc1C)[n+]2-c1c(C(C)C)cc(-c2ccc(-c3ccccc3)cc2)cc1C(C)C. The number of imidazole rings is 1. The van der Waals surface area contributed by atoms with Crippen LogP contribution in [0.3, 0.4) is 0 Å². The van der Waals surface area contributed by atoms with Gasteiger partial charge in [-0.05, 0) is 83.0 Å². The fourth-order valence-electron chi connectivity index (χ4n) is 7.00. The molecule has 5 nitrogen and oxygen atoms in total. The first-order chi connectivity index (χ1) is 23.5. The van der Waals surface area contributed by atoms with E-state index in [1.54, 1.807) is 0 Å². The van der Waals surface area contributed by atoms with Crippen LogP contribution < -0.4 is 4.57 Å². The zero-order valence-electron chi connectivity index (χ0n) is 29.7. The molecule has 7 aromatic rings. The molecule has 0 aliphatic rings. The number of benzene rings is 5. The summed E-state index contributed by atoms with van der Waals surface area (Å²) in [5, 5.41) is 0. The van der Waals surface area contributed by atoms with Gasteiger partial charge in [0.25, 0.3) is 5.82 Å². The second-order valence-corrected chi connectivity index (χ2v) is 14.1. The fourth-order valence-corrected chi connectivity index (χ4v) is 7.00. The van der Waals surface area contributed by atoms with E-state index in [1.807, 2.05) is 12.1 Å². The number of aromatic nitrogens is 3. The highest BCUT2D eigenvalue weighted by Gasteiger charge is 2.32. The highest BCUT2D eigenvalue weighted by Crippen LogP contribution is 2.39. The number of hydrogen-bond acceptors (Lipinski definition) is 2. The minimum atomic E-state index is 0.195. The second kappa shape index (κ2) is 12.5. The molecule has 49 heavy (non-hydrogen) atoms. The summed E-state index contributed by atoms with van der Waals surface area (Å²) in [6, 6.07) is 34.6. The average molecular weight is 644 g/mol. The Morgan fingerprint density at radius 3 is 1.92 bits per heavy atom. The average Bonchev–Trinajstić information content (AvgIpc) is 3.65. The van der Waals surface area contributed by atoms with Crippen molar-refractivity contribution in [1.82, 2.24) is 9.55 Å². The Balaban J connectivity index is 1.51. The highest BCUT2D eigenvalue weighted by molar-refractivity contribution is 5.85. The van der Waals surface area contributed by atoms with Gasteiger partial charge in [-0.1, -0.05) is 102 Å². The van der Waals surface area contributed by atoms with Crippen LogP contribution in [0.15, 0.2) is 101 Å². The molecule has 0 bridgehead atoms. The maximum absolute atomic E-state index is 7.78. The summed E-state index contributed by atoms with van der Waals surface area (Å²) < 4.78 is 11.0. The third kappa shape index (κ3) is 5.62. The van der Waals surface area contributed by atoms with Gasteiger partial charge in [-0.2, -0.15) is 4.57 Å². The molecule has 0 fully saturated rings. The van der Waals surface area contributed by atoms with E-state index in [9.17, 15) is 0 Å². The molecule has 0 saturated carbocycles. The lowest BCUT2D eigenvalue weighted by atomic mass is 9.87. The molecular formula is C44H43N4O+. The third-order valence-electron chi connectivity index (χ3n) is 9.67. The fraction of sp³-hybridized carbons (Fsp3) is 0.250. The van der Waals surface area contributed by atoms with Gasteiger partial charge in [0.1, 0.15) is 11.2 Å². The van der Waals surface area contributed by atoms with Crippen molar-refractivity contribution in [3.05, 3.63) is 131 Å². The summed E-state index contributed by atoms with van der Waals surface area (Å²) in [5.41, 5.74) is 15.2. The first-order valence-corrected chi connectivity index (χ1v) is 17.2. The predicted molar refractivity (Wildman–Crippen MR) is 202 cm³/mol. The van der Waals surface area contributed by atoms with E-state index in [2.05, 4.69) is 154 Å². The van der Waals surface area contributed by atoms with E-state index in [1.165, 1.54) is 39.1 Å². The van der Waals surface area contributed by atoms with Crippen LogP contribution in [-0.2, 0) is 7.05 Å². The van der Waals surface area contributed by atoms with Gasteiger partial charge in [0, 0.05) is 17.0 Å². The Morgan fingerprint density at radius 2 is 1.33 bits per heavy atom. The molecule has 0 radical (unpaired) electrons. The maximum atomic E-state index is 7.78. The molecule has 0 unspecified atom stereocenters. The van der Waals surface area contributed by atoms with Gasteiger partial charge in [0.2, 0.25) is 0 Å². The molecular weight excluding hydrogens is 601 g/mol. The summed E-state index contributed by atoms with van der Waals surface area (Å²) in [4.78, 5) is 8.59. The van der Waals surface area contributed by atoms with E-state index in [-0.39, 0.29) is 17.8 Å². The minimum Gasteiger partial charge on any atom is -0.440 e. The number of nitrogens with zero attached hydrogens (tertiary/aromatic N) is 4. The summed E-state index contributed by atoms with van der Waals surface area (Å²) >= 11 is 0. The Morgan fingerprint density at radius 1 is 0.714 bits per heavy atom.